The third kappa shape index (κ3) is 3.79. The summed E-state index contributed by atoms with van der Waals surface area (Å²) in [6.07, 6.45) is 1.81. The minimum absolute atomic E-state index is 0.0204. The molecule has 1 aromatic rings. The Morgan fingerprint density at radius 3 is 2.67 bits per heavy atom. The molecule has 0 atom stereocenters. The fourth-order valence-corrected chi connectivity index (χ4v) is 2.95. The highest BCUT2D eigenvalue weighted by molar-refractivity contribution is 7.89. The average molecular weight is 274 g/mol. The molecule has 0 spiro atoms. The summed E-state index contributed by atoms with van der Waals surface area (Å²) in [6.45, 7) is 6.56. The summed E-state index contributed by atoms with van der Waals surface area (Å²) in [5, 5.41) is 6.49. The number of aryl methyl sites for hydroxylation is 1. The number of aromatic amines is 1. The molecule has 104 valence electrons. The van der Waals surface area contributed by atoms with Gasteiger partial charge in [0.2, 0.25) is 0 Å². The number of nitrogens with two attached hydrogens (primary N) is 1. The van der Waals surface area contributed by atoms with Gasteiger partial charge in [0.1, 0.15) is 0 Å². The van der Waals surface area contributed by atoms with Crippen LogP contribution in [0, 0.1) is 12.8 Å². The van der Waals surface area contributed by atoms with Crippen molar-refractivity contribution in [2.24, 2.45) is 11.7 Å². The summed E-state index contributed by atoms with van der Waals surface area (Å²) in [5.41, 5.74) is 6.78. The second kappa shape index (κ2) is 6.31. The maximum absolute atomic E-state index is 12.0. The topological polar surface area (TPSA) is 101 Å². The number of sulfonamides is 1. The lowest BCUT2D eigenvalue weighted by Crippen LogP contribution is -2.26. The third-order valence-electron chi connectivity index (χ3n) is 2.74. The number of aromatic nitrogens is 2. The summed E-state index contributed by atoms with van der Waals surface area (Å²) in [7, 11) is -3.55. The Hall–Kier alpha value is -0.920. The van der Waals surface area contributed by atoms with E-state index in [1.54, 1.807) is 6.92 Å². The van der Waals surface area contributed by atoms with Gasteiger partial charge in [-0.25, -0.2) is 13.1 Å². The predicted octanol–water partition coefficient (Wildman–Crippen LogP) is 0.891. The van der Waals surface area contributed by atoms with Crippen molar-refractivity contribution in [3.63, 3.8) is 0 Å². The van der Waals surface area contributed by atoms with Crippen LogP contribution in [0.15, 0.2) is 5.03 Å². The molecule has 0 radical (unpaired) electrons. The lowest BCUT2D eigenvalue weighted by atomic mass is 10.1. The fraction of sp³-hybridized carbons (Fsp3) is 0.727. The van der Waals surface area contributed by atoms with Crippen LogP contribution in [0.1, 0.15) is 37.9 Å². The van der Waals surface area contributed by atoms with Gasteiger partial charge in [0.15, 0.2) is 5.03 Å². The van der Waals surface area contributed by atoms with E-state index in [1.807, 2.05) is 0 Å². The molecule has 0 unspecified atom stereocenters. The maximum atomic E-state index is 12.0. The Labute approximate surface area is 108 Å². The van der Waals surface area contributed by atoms with E-state index in [0.717, 1.165) is 12.8 Å². The molecule has 18 heavy (non-hydrogen) atoms. The van der Waals surface area contributed by atoms with Gasteiger partial charge in [0.05, 0.1) is 0 Å². The Balaban J connectivity index is 2.68. The zero-order valence-electron chi connectivity index (χ0n) is 11.2. The highest BCUT2D eigenvalue weighted by Gasteiger charge is 2.22. The van der Waals surface area contributed by atoms with Crippen molar-refractivity contribution >= 4 is 10.0 Å². The van der Waals surface area contributed by atoms with Crippen LogP contribution >= 0.6 is 0 Å². The van der Waals surface area contributed by atoms with E-state index in [0.29, 0.717) is 23.7 Å². The smallest absolute Gasteiger partial charge is 0.260 e. The van der Waals surface area contributed by atoms with Crippen molar-refractivity contribution in [1.29, 1.82) is 0 Å². The number of rotatable bonds is 7. The van der Waals surface area contributed by atoms with Crippen LogP contribution in [0.4, 0.5) is 0 Å². The molecule has 6 nitrogen and oxygen atoms in total. The molecule has 1 aromatic heterocycles. The summed E-state index contributed by atoms with van der Waals surface area (Å²) in [4.78, 5) is 0. The van der Waals surface area contributed by atoms with Crippen LogP contribution in [0.5, 0.6) is 0 Å². The molecule has 0 aliphatic heterocycles. The first kappa shape index (κ1) is 15.1. The van der Waals surface area contributed by atoms with E-state index < -0.39 is 10.0 Å². The average Bonchev–Trinajstić information content (AvgIpc) is 2.66. The van der Waals surface area contributed by atoms with Crippen molar-refractivity contribution < 1.29 is 8.42 Å². The number of H-pyrrole nitrogens is 1. The number of nitrogens with one attached hydrogen (secondary N) is 2. The lowest BCUT2D eigenvalue weighted by Gasteiger charge is -2.07. The lowest BCUT2D eigenvalue weighted by molar-refractivity contribution is 0.538. The van der Waals surface area contributed by atoms with Crippen LogP contribution in [-0.4, -0.2) is 25.2 Å². The molecule has 7 heteroatoms. The summed E-state index contributed by atoms with van der Waals surface area (Å²) < 4.78 is 26.6. The van der Waals surface area contributed by atoms with Gasteiger partial charge < -0.3 is 5.73 Å². The largest absolute Gasteiger partial charge is 0.326 e. The molecule has 0 aliphatic rings. The highest BCUT2D eigenvalue weighted by atomic mass is 32.2. The number of hydrogen-bond acceptors (Lipinski definition) is 4. The van der Waals surface area contributed by atoms with Gasteiger partial charge in [-0.3, -0.25) is 5.10 Å². The monoisotopic (exact) mass is 274 g/mol. The Morgan fingerprint density at radius 1 is 1.44 bits per heavy atom. The number of nitrogens with zero attached hydrogens (tertiary/aromatic N) is 1. The van der Waals surface area contributed by atoms with Gasteiger partial charge in [-0.1, -0.05) is 13.8 Å². The summed E-state index contributed by atoms with van der Waals surface area (Å²) in [5.74, 6) is 0.571. The van der Waals surface area contributed by atoms with Crippen molar-refractivity contribution in [1.82, 2.24) is 14.9 Å². The fourth-order valence-electron chi connectivity index (χ4n) is 1.68. The standard InChI is InChI=1S/C11H22N4O2S/c1-8(2)5-4-6-13-18(16,17)11-10(7-12)9(3)14-15-11/h8,13H,4-7,12H2,1-3H3,(H,14,15). The van der Waals surface area contributed by atoms with E-state index >= 15 is 0 Å². The van der Waals surface area contributed by atoms with Crippen LogP contribution in [0.2, 0.25) is 0 Å². The van der Waals surface area contributed by atoms with Gasteiger partial charge in [-0.2, -0.15) is 5.10 Å². The Morgan fingerprint density at radius 2 is 2.11 bits per heavy atom. The molecule has 0 fully saturated rings. The molecule has 0 bridgehead atoms. The second-order valence-corrected chi connectivity index (χ2v) is 6.45. The molecule has 0 aliphatic carbocycles. The molecule has 0 amide bonds. The maximum Gasteiger partial charge on any atom is 0.260 e. The highest BCUT2D eigenvalue weighted by Crippen LogP contribution is 2.15. The van der Waals surface area contributed by atoms with E-state index in [9.17, 15) is 8.42 Å². The van der Waals surface area contributed by atoms with Crippen molar-refractivity contribution in [2.75, 3.05) is 6.54 Å². The SMILES string of the molecule is Cc1[nH]nc(S(=O)(=O)NCCCC(C)C)c1CN. The minimum atomic E-state index is -3.55. The zero-order valence-corrected chi connectivity index (χ0v) is 12.0. The van der Waals surface area contributed by atoms with Crippen LogP contribution in [-0.2, 0) is 16.6 Å². The van der Waals surface area contributed by atoms with Gasteiger partial charge in [0, 0.05) is 24.3 Å². The number of hydrogen-bond donors (Lipinski definition) is 3. The normalized spacial score (nSPS) is 12.3. The summed E-state index contributed by atoms with van der Waals surface area (Å²) >= 11 is 0. The van der Waals surface area contributed by atoms with Crippen molar-refractivity contribution in [3.8, 4) is 0 Å². The van der Waals surface area contributed by atoms with Gasteiger partial charge in [-0.05, 0) is 25.7 Å². The molecule has 1 heterocycles. The summed E-state index contributed by atoms with van der Waals surface area (Å²) in [6, 6.07) is 0. The zero-order chi connectivity index (χ0) is 13.8. The molecule has 0 saturated carbocycles. The van der Waals surface area contributed by atoms with Crippen molar-refractivity contribution in [2.45, 2.75) is 45.2 Å². The first-order valence-electron chi connectivity index (χ1n) is 6.12. The first-order chi connectivity index (χ1) is 8.38. The molecule has 1 rings (SSSR count). The Bertz CT molecular complexity index is 479. The molecule has 0 aromatic carbocycles. The van der Waals surface area contributed by atoms with E-state index in [2.05, 4.69) is 28.8 Å². The van der Waals surface area contributed by atoms with Gasteiger partial charge in [-0.15, -0.1) is 0 Å². The van der Waals surface area contributed by atoms with Gasteiger partial charge >= 0.3 is 0 Å². The van der Waals surface area contributed by atoms with Crippen LogP contribution < -0.4 is 10.5 Å². The predicted molar refractivity (Wildman–Crippen MR) is 70.5 cm³/mol. The second-order valence-electron chi connectivity index (χ2n) is 4.77. The van der Waals surface area contributed by atoms with Crippen LogP contribution in [0.25, 0.3) is 0 Å². The van der Waals surface area contributed by atoms with E-state index in [-0.39, 0.29) is 11.6 Å². The molecule has 0 saturated heterocycles. The first-order valence-corrected chi connectivity index (χ1v) is 7.60. The molecule has 4 N–H and O–H groups in total. The molecular weight excluding hydrogens is 252 g/mol. The van der Waals surface area contributed by atoms with Gasteiger partial charge in [0.25, 0.3) is 10.0 Å². The van der Waals surface area contributed by atoms with Crippen LogP contribution in [0.3, 0.4) is 0 Å². The van der Waals surface area contributed by atoms with E-state index in [1.165, 1.54) is 0 Å². The molecular formula is C11H22N4O2S. The van der Waals surface area contributed by atoms with E-state index in [4.69, 9.17) is 5.73 Å². The third-order valence-corrected chi connectivity index (χ3v) is 4.18. The van der Waals surface area contributed by atoms with Crippen molar-refractivity contribution in [3.05, 3.63) is 11.3 Å². The minimum Gasteiger partial charge on any atom is -0.326 e. The quantitative estimate of drug-likeness (QED) is 0.643. The Kier molecular flexibility index (Phi) is 5.30.